The van der Waals surface area contributed by atoms with E-state index in [0.717, 1.165) is 24.2 Å². The molecule has 0 aromatic carbocycles. The Balaban J connectivity index is 1.61. The minimum absolute atomic E-state index is 0.134. The Kier molecular flexibility index (Phi) is 2.39. The van der Waals surface area contributed by atoms with Gasteiger partial charge in [-0.25, -0.2) is 9.50 Å². The maximum atomic E-state index is 9.99. The SMILES string of the molecule is OC1CC2CCC(C1)N2c1nccn2nc(C3CC3)cc12. The number of nitrogens with zero attached hydrogens (tertiary/aromatic N) is 4. The average Bonchev–Trinajstić information content (AvgIpc) is 3.17. The van der Waals surface area contributed by atoms with Crippen molar-refractivity contribution in [2.24, 2.45) is 0 Å². The first-order valence-corrected chi connectivity index (χ1v) is 8.10. The van der Waals surface area contributed by atoms with Crippen molar-refractivity contribution in [1.29, 1.82) is 0 Å². The maximum Gasteiger partial charge on any atom is 0.155 e. The Bertz CT molecular complexity index is 679. The number of aliphatic hydroxyl groups is 1. The zero-order valence-electron chi connectivity index (χ0n) is 12.0. The predicted octanol–water partition coefficient (Wildman–Crippen LogP) is 2.10. The lowest BCUT2D eigenvalue weighted by Gasteiger charge is -2.38. The zero-order chi connectivity index (χ0) is 14.0. The normalized spacial score (nSPS) is 32.0. The molecule has 2 bridgehead atoms. The van der Waals surface area contributed by atoms with Crippen LogP contribution in [0.2, 0.25) is 0 Å². The molecule has 2 aromatic rings. The van der Waals surface area contributed by atoms with Crippen LogP contribution in [0.1, 0.15) is 50.1 Å². The van der Waals surface area contributed by atoms with Crippen molar-refractivity contribution in [2.45, 2.75) is 62.6 Å². The van der Waals surface area contributed by atoms with Crippen LogP contribution in [0.5, 0.6) is 0 Å². The van der Waals surface area contributed by atoms with Gasteiger partial charge in [0.25, 0.3) is 0 Å². The van der Waals surface area contributed by atoms with E-state index in [1.54, 1.807) is 0 Å². The second-order valence-electron chi connectivity index (χ2n) is 6.84. The zero-order valence-corrected chi connectivity index (χ0v) is 12.0. The van der Waals surface area contributed by atoms with Crippen molar-refractivity contribution < 1.29 is 5.11 Å². The second kappa shape index (κ2) is 4.19. The number of rotatable bonds is 2. The Morgan fingerprint density at radius 2 is 1.86 bits per heavy atom. The summed E-state index contributed by atoms with van der Waals surface area (Å²) < 4.78 is 1.99. The number of hydrogen-bond donors (Lipinski definition) is 1. The standard InChI is InChI=1S/C16H20N4O/c21-13-7-11-3-4-12(8-13)20(11)16-15-9-14(10-1-2-10)18-19(15)6-5-17-16/h5-6,9-13,21H,1-4,7-8H2. The molecule has 1 N–H and O–H groups in total. The van der Waals surface area contributed by atoms with Gasteiger partial charge in [-0.3, -0.25) is 0 Å². The van der Waals surface area contributed by atoms with Crippen LogP contribution >= 0.6 is 0 Å². The number of piperidine rings is 1. The topological polar surface area (TPSA) is 53.7 Å². The summed E-state index contributed by atoms with van der Waals surface area (Å²) in [5.41, 5.74) is 2.35. The summed E-state index contributed by atoms with van der Waals surface area (Å²) in [6.07, 6.45) is 10.3. The van der Waals surface area contributed by atoms with Gasteiger partial charge < -0.3 is 10.0 Å². The van der Waals surface area contributed by atoms with Crippen LogP contribution in [0.15, 0.2) is 18.5 Å². The van der Waals surface area contributed by atoms with Crippen molar-refractivity contribution in [1.82, 2.24) is 14.6 Å². The molecule has 2 atom stereocenters. The average molecular weight is 284 g/mol. The summed E-state index contributed by atoms with van der Waals surface area (Å²) in [5, 5.41) is 14.7. The molecule has 5 rings (SSSR count). The molecule has 0 amide bonds. The quantitative estimate of drug-likeness (QED) is 0.917. The van der Waals surface area contributed by atoms with Crippen molar-refractivity contribution in [2.75, 3.05) is 4.90 Å². The molecule has 2 unspecified atom stereocenters. The predicted molar refractivity (Wildman–Crippen MR) is 79.5 cm³/mol. The van der Waals surface area contributed by atoms with Gasteiger partial charge in [-0.1, -0.05) is 0 Å². The molecular weight excluding hydrogens is 264 g/mol. The number of anilines is 1. The van der Waals surface area contributed by atoms with Gasteiger partial charge in [-0.05, 0) is 44.6 Å². The van der Waals surface area contributed by atoms with Gasteiger partial charge in [0, 0.05) is 30.4 Å². The van der Waals surface area contributed by atoms with Crippen LogP contribution in [0.4, 0.5) is 5.82 Å². The van der Waals surface area contributed by atoms with Crippen LogP contribution in [0.3, 0.4) is 0 Å². The van der Waals surface area contributed by atoms with E-state index in [4.69, 9.17) is 5.10 Å². The smallest absolute Gasteiger partial charge is 0.155 e. The fourth-order valence-corrected chi connectivity index (χ4v) is 4.20. The van der Waals surface area contributed by atoms with E-state index in [2.05, 4.69) is 16.0 Å². The summed E-state index contributed by atoms with van der Waals surface area (Å²) in [7, 11) is 0. The molecule has 3 fully saturated rings. The number of aliphatic hydroxyl groups excluding tert-OH is 1. The van der Waals surface area contributed by atoms with Crippen LogP contribution in [-0.4, -0.2) is 37.9 Å². The molecule has 1 aliphatic carbocycles. The number of aromatic nitrogens is 3. The molecular formula is C16H20N4O. The third-order valence-electron chi connectivity index (χ3n) is 5.34. The van der Waals surface area contributed by atoms with Crippen LogP contribution < -0.4 is 4.90 Å². The molecule has 0 radical (unpaired) electrons. The van der Waals surface area contributed by atoms with E-state index in [9.17, 15) is 5.11 Å². The lowest BCUT2D eigenvalue weighted by molar-refractivity contribution is 0.126. The summed E-state index contributed by atoms with van der Waals surface area (Å²) in [6.45, 7) is 0. The minimum Gasteiger partial charge on any atom is -0.393 e. The lowest BCUT2D eigenvalue weighted by Crippen LogP contribution is -2.45. The third kappa shape index (κ3) is 1.80. The maximum absolute atomic E-state index is 9.99. The minimum atomic E-state index is -0.134. The summed E-state index contributed by atoms with van der Waals surface area (Å²) in [5.74, 6) is 1.73. The van der Waals surface area contributed by atoms with E-state index in [1.165, 1.54) is 31.4 Å². The Labute approximate surface area is 123 Å². The van der Waals surface area contributed by atoms with E-state index in [1.807, 2.05) is 16.9 Å². The van der Waals surface area contributed by atoms with E-state index in [-0.39, 0.29) is 6.10 Å². The third-order valence-corrected chi connectivity index (χ3v) is 5.34. The monoisotopic (exact) mass is 284 g/mol. The van der Waals surface area contributed by atoms with Gasteiger partial charge in [0.15, 0.2) is 5.82 Å². The van der Waals surface area contributed by atoms with Gasteiger partial charge in [0.1, 0.15) is 5.52 Å². The highest BCUT2D eigenvalue weighted by Gasteiger charge is 2.41. The van der Waals surface area contributed by atoms with Crippen LogP contribution in [0.25, 0.3) is 5.52 Å². The molecule has 5 nitrogen and oxygen atoms in total. The highest BCUT2D eigenvalue weighted by atomic mass is 16.3. The first-order chi connectivity index (χ1) is 10.3. The summed E-state index contributed by atoms with van der Waals surface area (Å²) >= 11 is 0. The molecule has 2 aromatic heterocycles. The lowest BCUT2D eigenvalue weighted by atomic mass is 10.00. The molecule has 2 saturated heterocycles. The Morgan fingerprint density at radius 1 is 1.10 bits per heavy atom. The Hall–Kier alpha value is -1.62. The molecule has 2 aliphatic heterocycles. The van der Waals surface area contributed by atoms with Crippen molar-refractivity contribution >= 4 is 11.3 Å². The van der Waals surface area contributed by atoms with Gasteiger partial charge >= 0.3 is 0 Å². The van der Waals surface area contributed by atoms with Crippen LogP contribution in [0, 0.1) is 0 Å². The second-order valence-corrected chi connectivity index (χ2v) is 6.84. The molecule has 21 heavy (non-hydrogen) atoms. The first kappa shape index (κ1) is 12.0. The highest BCUT2D eigenvalue weighted by Crippen LogP contribution is 2.42. The van der Waals surface area contributed by atoms with E-state index in [0.29, 0.717) is 18.0 Å². The van der Waals surface area contributed by atoms with Gasteiger partial charge in [-0.2, -0.15) is 5.10 Å². The molecule has 1 saturated carbocycles. The fourth-order valence-electron chi connectivity index (χ4n) is 4.20. The summed E-state index contributed by atoms with van der Waals surface area (Å²) in [4.78, 5) is 7.13. The number of fused-ring (bicyclic) bond motifs is 3. The Morgan fingerprint density at radius 3 is 2.57 bits per heavy atom. The van der Waals surface area contributed by atoms with Gasteiger partial charge in [0.2, 0.25) is 0 Å². The van der Waals surface area contributed by atoms with Crippen molar-refractivity contribution in [3.63, 3.8) is 0 Å². The van der Waals surface area contributed by atoms with E-state index >= 15 is 0 Å². The van der Waals surface area contributed by atoms with Crippen molar-refractivity contribution in [3.05, 3.63) is 24.2 Å². The molecule has 3 aliphatic rings. The largest absolute Gasteiger partial charge is 0.393 e. The fraction of sp³-hybridized carbons (Fsp3) is 0.625. The molecule has 5 heteroatoms. The number of hydrogen-bond acceptors (Lipinski definition) is 4. The van der Waals surface area contributed by atoms with Crippen LogP contribution in [-0.2, 0) is 0 Å². The molecule has 110 valence electrons. The highest BCUT2D eigenvalue weighted by molar-refractivity contribution is 5.71. The van der Waals surface area contributed by atoms with Gasteiger partial charge in [-0.15, -0.1) is 0 Å². The first-order valence-electron chi connectivity index (χ1n) is 8.10. The van der Waals surface area contributed by atoms with E-state index < -0.39 is 0 Å². The van der Waals surface area contributed by atoms with Gasteiger partial charge in [0.05, 0.1) is 11.8 Å². The summed E-state index contributed by atoms with van der Waals surface area (Å²) in [6, 6.07) is 3.11. The molecule has 4 heterocycles. The molecule has 0 spiro atoms. The van der Waals surface area contributed by atoms with Crippen molar-refractivity contribution in [3.8, 4) is 0 Å².